The van der Waals surface area contributed by atoms with Gasteiger partial charge in [-0.1, -0.05) is 0 Å². The SMILES string of the molecule is Cc1nn2cccc2n1C. The molecule has 10 heavy (non-hydrogen) atoms. The molecule has 0 saturated carbocycles. The van der Waals surface area contributed by atoms with Crippen LogP contribution in [-0.2, 0) is 7.05 Å². The number of fused-ring (bicyclic) bond motifs is 1. The lowest BCUT2D eigenvalue weighted by molar-refractivity contribution is 0.872. The van der Waals surface area contributed by atoms with E-state index in [9.17, 15) is 0 Å². The Balaban J connectivity index is 2.95. The molecule has 3 heteroatoms. The third-order valence-electron chi connectivity index (χ3n) is 1.79. The first-order valence-electron chi connectivity index (χ1n) is 3.26. The second kappa shape index (κ2) is 1.62. The minimum Gasteiger partial charge on any atom is -0.316 e. The largest absolute Gasteiger partial charge is 0.316 e. The molecule has 52 valence electrons. The number of nitrogens with zero attached hydrogens (tertiary/aromatic N) is 3. The van der Waals surface area contributed by atoms with Gasteiger partial charge in [-0.3, -0.25) is 0 Å². The van der Waals surface area contributed by atoms with E-state index < -0.39 is 0 Å². The Bertz CT molecular complexity index is 356. The zero-order valence-electron chi connectivity index (χ0n) is 6.07. The minimum atomic E-state index is 1.04. The van der Waals surface area contributed by atoms with Crippen molar-refractivity contribution in [3.8, 4) is 0 Å². The fourth-order valence-corrected chi connectivity index (χ4v) is 1.10. The number of hydrogen-bond acceptors (Lipinski definition) is 1. The summed E-state index contributed by atoms with van der Waals surface area (Å²) in [5.41, 5.74) is 1.14. The van der Waals surface area contributed by atoms with Gasteiger partial charge >= 0.3 is 0 Å². The summed E-state index contributed by atoms with van der Waals surface area (Å²) in [7, 11) is 2.01. The number of hydrogen-bond donors (Lipinski definition) is 0. The van der Waals surface area contributed by atoms with E-state index in [1.165, 1.54) is 0 Å². The molecule has 0 saturated heterocycles. The Kier molecular flexibility index (Phi) is 0.897. The maximum atomic E-state index is 4.25. The van der Waals surface area contributed by atoms with Crippen molar-refractivity contribution in [2.45, 2.75) is 6.92 Å². The summed E-state index contributed by atoms with van der Waals surface area (Å²) in [5, 5.41) is 4.25. The van der Waals surface area contributed by atoms with E-state index in [-0.39, 0.29) is 0 Å². The standard InChI is InChI=1S/C7H9N3/c1-6-8-10-5-3-4-7(10)9(6)2/h3-5H,1-2H3. The molecule has 0 aliphatic rings. The molecule has 0 N–H and O–H groups in total. The van der Waals surface area contributed by atoms with Gasteiger partial charge in [0.25, 0.3) is 0 Å². The van der Waals surface area contributed by atoms with E-state index >= 15 is 0 Å². The Labute approximate surface area is 58.9 Å². The van der Waals surface area contributed by atoms with Gasteiger partial charge < -0.3 is 4.57 Å². The van der Waals surface area contributed by atoms with Gasteiger partial charge in [0.2, 0.25) is 0 Å². The van der Waals surface area contributed by atoms with Crippen molar-refractivity contribution in [1.82, 2.24) is 14.2 Å². The molecular weight excluding hydrogens is 126 g/mol. The molecule has 2 aromatic rings. The summed E-state index contributed by atoms with van der Waals surface area (Å²) in [6.45, 7) is 1.99. The summed E-state index contributed by atoms with van der Waals surface area (Å²) < 4.78 is 3.93. The zero-order chi connectivity index (χ0) is 7.14. The van der Waals surface area contributed by atoms with Crippen LogP contribution in [0.4, 0.5) is 0 Å². The minimum absolute atomic E-state index is 1.04. The molecule has 3 nitrogen and oxygen atoms in total. The predicted octanol–water partition coefficient (Wildman–Crippen LogP) is 0.981. The molecule has 0 radical (unpaired) electrons. The average molecular weight is 135 g/mol. The predicted molar refractivity (Wildman–Crippen MR) is 38.9 cm³/mol. The van der Waals surface area contributed by atoms with Gasteiger partial charge in [0.1, 0.15) is 11.5 Å². The molecule has 0 aliphatic heterocycles. The Morgan fingerprint density at radius 2 is 2.30 bits per heavy atom. The third kappa shape index (κ3) is 0.518. The lowest BCUT2D eigenvalue weighted by Gasteiger charge is -1.89. The second-order valence-electron chi connectivity index (χ2n) is 2.42. The smallest absolute Gasteiger partial charge is 0.135 e. The highest BCUT2D eigenvalue weighted by Crippen LogP contribution is 2.04. The van der Waals surface area contributed by atoms with Crippen LogP contribution in [0.3, 0.4) is 0 Å². The number of aromatic nitrogens is 3. The topological polar surface area (TPSA) is 22.2 Å². The van der Waals surface area contributed by atoms with Crippen molar-refractivity contribution in [2.75, 3.05) is 0 Å². The summed E-state index contributed by atoms with van der Waals surface area (Å²) in [5.74, 6) is 1.04. The van der Waals surface area contributed by atoms with Crippen LogP contribution in [0.1, 0.15) is 5.82 Å². The van der Waals surface area contributed by atoms with Gasteiger partial charge in [-0.05, 0) is 19.1 Å². The van der Waals surface area contributed by atoms with Crippen LogP contribution in [0.2, 0.25) is 0 Å². The summed E-state index contributed by atoms with van der Waals surface area (Å²) >= 11 is 0. The Morgan fingerprint density at radius 3 is 3.00 bits per heavy atom. The highest BCUT2D eigenvalue weighted by atomic mass is 15.3. The van der Waals surface area contributed by atoms with Crippen molar-refractivity contribution in [2.24, 2.45) is 7.05 Å². The first kappa shape index (κ1) is 5.53. The Morgan fingerprint density at radius 1 is 1.50 bits per heavy atom. The maximum absolute atomic E-state index is 4.25. The second-order valence-corrected chi connectivity index (χ2v) is 2.42. The van der Waals surface area contributed by atoms with Gasteiger partial charge in [0, 0.05) is 13.2 Å². The quantitative estimate of drug-likeness (QED) is 0.528. The fourth-order valence-electron chi connectivity index (χ4n) is 1.10. The van der Waals surface area contributed by atoms with Crippen LogP contribution in [-0.4, -0.2) is 14.2 Å². The van der Waals surface area contributed by atoms with Gasteiger partial charge in [-0.2, -0.15) is 5.10 Å². The van der Waals surface area contributed by atoms with E-state index in [4.69, 9.17) is 0 Å². The van der Waals surface area contributed by atoms with E-state index in [0.717, 1.165) is 11.5 Å². The molecule has 2 rings (SSSR count). The van der Waals surface area contributed by atoms with Crippen LogP contribution in [0.5, 0.6) is 0 Å². The van der Waals surface area contributed by atoms with Gasteiger partial charge in [0.05, 0.1) is 0 Å². The first-order chi connectivity index (χ1) is 4.79. The highest BCUT2D eigenvalue weighted by molar-refractivity contribution is 5.39. The highest BCUT2D eigenvalue weighted by Gasteiger charge is 1.99. The first-order valence-corrected chi connectivity index (χ1v) is 3.26. The van der Waals surface area contributed by atoms with Gasteiger partial charge in [-0.15, -0.1) is 0 Å². The molecule has 0 aromatic carbocycles. The third-order valence-corrected chi connectivity index (χ3v) is 1.79. The summed E-state index contributed by atoms with van der Waals surface area (Å²) in [6, 6.07) is 4.03. The monoisotopic (exact) mass is 135 g/mol. The molecule has 0 fully saturated rings. The van der Waals surface area contributed by atoms with Crippen molar-refractivity contribution >= 4 is 5.65 Å². The van der Waals surface area contributed by atoms with Gasteiger partial charge in [0.15, 0.2) is 0 Å². The van der Waals surface area contributed by atoms with Crippen molar-refractivity contribution in [3.05, 3.63) is 24.2 Å². The average Bonchev–Trinajstić information content (AvgIpc) is 2.41. The Hall–Kier alpha value is -1.25. The van der Waals surface area contributed by atoms with Crippen LogP contribution in [0.15, 0.2) is 18.3 Å². The van der Waals surface area contributed by atoms with Crippen molar-refractivity contribution in [1.29, 1.82) is 0 Å². The summed E-state index contributed by atoms with van der Waals surface area (Å²) in [4.78, 5) is 0. The maximum Gasteiger partial charge on any atom is 0.135 e. The molecule has 2 aromatic heterocycles. The van der Waals surface area contributed by atoms with Crippen LogP contribution >= 0.6 is 0 Å². The molecule has 0 unspecified atom stereocenters. The number of aryl methyl sites for hydroxylation is 2. The molecule has 0 bridgehead atoms. The van der Waals surface area contributed by atoms with Crippen LogP contribution in [0.25, 0.3) is 5.65 Å². The lowest BCUT2D eigenvalue weighted by atomic mass is 10.6. The van der Waals surface area contributed by atoms with Crippen LogP contribution in [0, 0.1) is 6.92 Å². The number of rotatable bonds is 0. The lowest BCUT2D eigenvalue weighted by Crippen LogP contribution is -1.89. The molecule has 0 spiro atoms. The normalized spacial score (nSPS) is 11.0. The van der Waals surface area contributed by atoms with Crippen LogP contribution < -0.4 is 0 Å². The molecule has 2 heterocycles. The van der Waals surface area contributed by atoms with E-state index in [1.54, 1.807) is 0 Å². The van der Waals surface area contributed by atoms with Crippen molar-refractivity contribution in [3.63, 3.8) is 0 Å². The molecular formula is C7H9N3. The van der Waals surface area contributed by atoms with E-state index in [0.29, 0.717) is 0 Å². The fraction of sp³-hybridized carbons (Fsp3) is 0.286. The molecule has 0 aliphatic carbocycles. The molecule has 0 amide bonds. The van der Waals surface area contributed by atoms with Gasteiger partial charge in [-0.25, -0.2) is 4.52 Å². The van der Waals surface area contributed by atoms with E-state index in [1.807, 2.05) is 36.8 Å². The van der Waals surface area contributed by atoms with Crippen molar-refractivity contribution < 1.29 is 0 Å². The zero-order valence-corrected chi connectivity index (χ0v) is 6.07. The van der Waals surface area contributed by atoms with E-state index in [2.05, 4.69) is 9.67 Å². The molecule has 0 atom stereocenters. The summed E-state index contributed by atoms with van der Waals surface area (Å²) in [6.07, 6.45) is 1.95.